The fourth-order valence-electron chi connectivity index (χ4n) is 2.49. The Hall–Kier alpha value is -1.55. The molecule has 170 valence electrons. The molecule has 2 fully saturated rings. The zero-order valence-corrected chi connectivity index (χ0v) is 19.7. The van der Waals surface area contributed by atoms with Gasteiger partial charge < -0.3 is 19.3 Å². The second kappa shape index (κ2) is 9.51. The lowest BCUT2D eigenvalue weighted by atomic mass is 10.1. The summed E-state index contributed by atoms with van der Waals surface area (Å²) in [6.45, 7) is 14.5. The maximum atomic E-state index is 11.7. The molecule has 0 N–H and O–H groups in total. The van der Waals surface area contributed by atoms with Crippen molar-refractivity contribution in [2.75, 3.05) is 26.0 Å². The highest BCUT2D eigenvalue weighted by Gasteiger charge is 2.36. The van der Waals surface area contributed by atoms with Crippen LogP contribution < -0.4 is 0 Å². The van der Waals surface area contributed by atoms with Gasteiger partial charge in [-0.05, 0) is 61.3 Å². The lowest BCUT2D eigenvalue weighted by Crippen LogP contribution is -2.54. The van der Waals surface area contributed by atoms with Crippen molar-refractivity contribution < 1.29 is 31.7 Å². The molecular formula is C19H36N2O7S. The van der Waals surface area contributed by atoms with Gasteiger partial charge in [-0.2, -0.15) is 8.42 Å². The van der Waals surface area contributed by atoms with E-state index in [-0.39, 0.29) is 24.3 Å². The highest BCUT2D eigenvalue weighted by Crippen LogP contribution is 2.22. The van der Waals surface area contributed by atoms with Crippen LogP contribution in [0.25, 0.3) is 0 Å². The number of carbonyl (C=O) groups excluding carboxylic acids is 2. The first-order valence-electron chi connectivity index (χ1n) is 9.82. The summed E-state index contributed by atoms with van der Waals surface area (Å²) in [7, 11) is -3.46. The fourth-order valence-corrected chi connectivity index (χ4v) is 2.89. The monoisotopic (exact) mass is 436 g/mol. The topological polar surface area (TPSA) is 102 Å². The molecule has 0 radical (unpaired) electrons. The first-order valence-corrected chi connectivity index (χ1v) is 11.6. The highest BCUT2D eigenvalue weighted by molar-refractivity contribution is 7.85. The maximum absolute atomic E-state index is 11.7. The molecule has 2 aliphatic rings. The molecule has 0 saturated carbocycles. The minimum atomic E-state index is -3.46. The normalized spacial score (nSPS) is 21.9. The van der Waals surface area contributed by atoms with Crippen LogP contribution in [-0.4, -0.2) is 79.6 Å². The van der Waals surface area contributed by atoms with E-state index in [0.717, 1.165) is 25.6 Å². The second-order valence-electron chi connectivity index (χ2n) is 9.42. The molecule has 2 saturated heterocycles. The summed E-state index contributed by atoms with van der Waals surface area (Å²) >= 11 is 0. The van der Waals surface area contributed by atoms with Crippen LogP contribution in [0.2, 0.25) is 0 Å². The van der Waals surface area contributed by atoms with Crippen molar-refractivity contribution in [2.45, 2.75) is 84.6 Å². The summed E-state index contributed by atoms with van der Waals surface area (Å²) in [5, 5.41) is 0. The molecule has 0 aromatic carbocycles. The zero-order valence-electron chi connectivity index (χ0n) is 18.9. The van der Waals surface area contributed by atoms with Crippen molar-refractivity contribution in [3.63, 3.8) is 0 Å². The molecule has 2 rings (SSSR count). The van der Waals surface area contributed by atoms with Crippen LogP contribution in [0.1, 0.15) is 61.3 Å². The smallest absolute Gasteiger partial charge is 0.410 e. The lowest BCUT2D eigenvalue weighted by Gasteiger charge is -2.40. The predicted octanol–water partition coefficient (Wildman–Crippen LogP) is 2.99. The van der Waals surface area contributed by atoms with Gasteiger partial charge in [0.2, 0.25) is 0 Å². The SMILES string of the molecule is CC(C)(C)OC(=O)N1CCC1COS(C)(=O)=O.CC1CCN1C(=O)OC(C)(C)C. The Morgan fingerprint density at radius 2 is 1.34 bits per heavy atom. The van der Waals surface area contributed by atoms with E-state index in [2.05, 4.69) is 4.18 Å². The molecule has 0 aliphatic carbocycles. The van der Waals surface area contributed by atoms with E-state index in [1.165, 1.54) is 4.90 Å². The average Bonchev–Trinajstić information content (AvgIpc) is 2.39. The predicted molar refractivity (Wildman–Crippen MR) is 109 cm³/mol. The molecule has 0 spiro atoms. The first-order chi connectivity index (χ1) is 13.0. The molecule has 2 unspecified atom stereocenters. The molecule has 0 aromatic heterocycles. The highest BCUT2D eigenvalue weighted by atomic mass is 32.2. The van der Waals surface area contributed by atoms with Gasteiger partial charge in [0.15, 0.2) is 0 Å². The van der Waals surface area contributed by atoms with Crippen molar-refractivity contribution in [1.29, 1.82) is 0 Å². The van der Waals surface area contributed by atoms with Crippen molar-refractivity contribution >= 4 is 22.3 Å². The van der Waals surface area contributed by atoms with Crippen LogP contribution in [0, 0.1) is 0 Å². The molecule has 2 amide bonds. The molecule has 2 heterocycles. The number of carbonyl (C=O) groups is 2. The van der Waals surface area contributed by atoms with Gasteiger partial charge >= 0.3 is 12.2 Å². The van der Waals surface area contributed by atoms with Gasteiger partial charge in [-0.25, -0.2) is 9.59 Å². The van der Waals surface area contributed by atoms with Crippen molar-refractivity contribution in [3.8, 4) is 0 Å². The summed E-state index contributed by atoms with van der Waals surface area (Å²) in [6, 6.07) is 0.152. The Balaban J connectivity index is 0.000000308. The summed E-state index contributed by atoms with van der Waals surface area (Å²) in [5.74, 6) is 0. The van der Waals surface area contributed by atoms with Gasteiger partial charge in [0.1, 0.15) is 11.2 Å². The fraction of sp³-hybridized carbons (Fsp3) is 0.895. The number of hydrogen-bond donors (Lipinski definition) is 0. The molecule has 2 aliphatic heterocycles. The van der Waals surface area contributed by atoms with E-state index in [1.807, 2.05) is 27.7 Å². The Bertz CT molecular complexity index is 680. The van der Waals surface area contributed by atoms with E-state index in [1.54, 1.807) is 25.7 Å². The number of ether oxygens (including phenoxy) is 2. The van der Waals surface area contributed by atoms with E-state index >= 15 is 0 Å². The minimum Gasteiger partial charge on any atom is -0.444 e. The standard InChI is InChI=1S/C10H19NO5S.C9H17NO2/c1-10(2,3)16-9(12)11-6-5-8(11)7-15-17(4,13)14;1-7-5-6-10(7)8(11)12-9(2,3)4/h8H,5-7H2,1-4H3;7H,5-6H2,1-4H3. The molecule has 9 nitrogen and oxygen atoms in total. The molecule has 0 bridgehead atoms. The van der Waals surface area contributed by atoms with Crippen molar-refractivity contribution in [2.24, 2.45) is 0 Å². The third kappa shape index (κ3) is 9.66. The molecule has 0 aromatic rings. The minimum absolute atomic E-state index is 0.00191. The third-order valence-corrected chi connectivity index (χ3v) is 4.76. The van der Waals surface area contributed by atoms with Crippen LogP contribution in [0.3, 0.4) is 0 Å². The van der Waals surface area contributed by atoms with Crippen LogP contribution in [-0.2, 0) is 23.8 Å². The van der Waals surface area contributed by atoms with Gasteiger partial charge in [0, 0.05) is 19.1 Å². The van der Waals surface area contributed by atoms with Crippen LogP contribution in [0.4, 0.5) is 9.59 Å². The number of nitrogens with zero attached hydrogens (tertiary/aromatic N) is 2. The molecule has 2 atom stereocenters. The Labute approximate surface area is 174 Å². The Morgan fingerprint density at radius 3 is 1.62 bits per heavy atom. The zero-order chi connectivity index (χ0) is 22.6. The molecular weight excluding hydrogens is 400 g/mol. The second-order valence-corrected chi connectivity index (χ2v) is 11.1. The van der Waals surface area contributed by atoms with Gasteiger partial charge in [-0.1, -0.05) is 0 Å². The van der Waals surface area contributed by atoms with Crippen LogP contribution in [0.5, 0.6) is 0 Å². The lowest BCUT2D eigenvalue weighted by molar-refractivity contribution is -0.0137. The summed E-state index contributed by atoms with van der Waals surface area (Å²) in [5.41, 5.74) is -0.915. The van der Waals surface area contributed by atoms with Crippen molar-refractivity contribution in [3.05, 3.63) is 0 Å². The van der Waals surface area contributed by atoms with E-state index in [9.17, 15) is 18.0 Å². The number of rotatable bonds is 3. The number of amides is 2. The van der Waals surface area contributed by atoms with Gasteiger partial charge in [-0.3, -0.25) is 4.18 Å². The first kappa shape index (κ1) is 25.5. The van der Waals surface area contributed by atoms with E-state index in [0.29, 0.717) is 12.6 Å². The summed E-state index contributed by atoms with van der Waals surface area (Å²) in [4.78, 5) is 26.3. The van der Waals surface area contributed by atoms with Gasteiger partial charge in [-0.15, -0.1) is 0 Å². The van der Waals surface area contributed by atoms with Gasteiger partial charge in [0.25, 0.3) is 10.1 Å². The third-order valence-electron chi connectivity index (χ3n) is 4.19. The molecule has 29 heavy (non-hydrogen) atoms. The summed E-state index contributed by atoms with van der Waals surface area (Å²) in [6.07, 6.45) is 2.21. The quantitative estimate of drug-likeness (QED) is 0.627. The van der Waals surface area contributed by atoms with E-state index in [4.69, 9.17) is 9.47 Å². The summed E-state index contributed by atoms with van der Waals surface area (Å²) < 4.78 is 36.7. The number of likely N-dealkylation sites (tertiary alicyclic amines) is 2. The largest absolute Gasteiger partial charge is 0.444 e. The van der Waals surface area contributed by atoms with Crippen molar-refractivity contribution in [1.82, 2.24) is 9.80 Å². The van der Waals surface area contributed by atoms with Gasteiger partial charge in [0.05, 0.1) is 18.9 Å². The molecule has 10 heteroatoms. The Morgan fingerprint density at radius 1 is 0.897 bits per heavy atom. The number of hydrogen-bond acceptors (Lipinski definition) is 7. The maximum Gasteiger partial charge on any atom is 0.410 e. The van der Waals surface area contributed by atoms with Crippen LogP contribution >= 0.6 is 0 Å². The van der Waals surface area contributed by atoms with E-state index < -0.39 is 21.8 Å². The Kier molecular flexibility index (Phi) is 8.36. The average molecular weight is 437 g/mol. The van der Waals surface area contributed by atoms with Crippen LogP contribution in [0.15, 0.2) is 0 Å².